The van der Waals surface area contributed by atoms with Gasteiger partial charge in [0.2, 0.25) is 0 Å². The van der Waals surface area contributed by atoms with E-state index in [0.29, 0.717) is 6.04 Å². The summed E-state index contributed by atoms with van der Waals surface area (Å²) in [6, 6.07) is 1.35. The lowest BCUT2D eigenvalue weighted by molar-refractivity contribution is 0.0957. The van der Waals surface area contributed by atoms with Crippen molar-refractivity contribution in [1.29, 1.82) is 0 Å². The van der Waals surface area contributed by atoms with Crippen molar-refractivity contribution in [2.24, 2.45) is 5.92 Å². The molecular formula is C15H31N3. The Morgan fingerprint density at radius 2 is 1.72 bits per heavy atom. The molecule has 1 unspecified atom stereocenters. The van der Waals surface area contributed by atoms with Crippen molar-refractivity contribution in [2.45, 2.75) is 52.1 Å². The van der Waals surface area contributed by atoms with E-state index in [9.17, 15) is 0 Å². The molecule has 0 spiro atoms. The highest BCUT2D eigenvalue weighted by molar-refractivity contribution is 4.82. The van der Waals surface area contributed by atoms with Gasteiger partial charge in [-0.1, -0.05) is 13.8 Å². The maximum absolute atomic E-state index is 3.52. The van der Waals surface area contributed by atoms with Crippen LogP contribution in [0, 0.1) is 5.92 Å². The van der Waals surface area contributed by atoms with Crippen LogP contribution in [0.1, 0.15) is 40.0 Å². The molecule has 0 aromatic rings. The molecule has 1 saturated heterocycles. The summed E-state index contributed by atoms with van der Waals surface area (Å²) in [6.07, 6.45) is 4.25. The molecule has 1 heterocycles. The molecule has 18 heavy (non-hydrogen) atoms. The van der Waals surface area contributed by atoms with Crippen molar-refractivity contribution < 1.29 is 0 Å². The predicted molar refractivity (Wildman–Crippen MR) is 78.0 cm³/mol. The molecule has 1 saturated carbocycles. The largest absolute Gasteiger partial charge is 0.314 e. The standard InChI is InChI=1S/C15H31N3/c1-13(2)16-7-6-14(3)18-10-8-17(9-11-18)12-15-4-5-15/h13-16H,4-12H2,1-3H3. The molecule has 2 aliphatic rings. The Morgan fingerprint density at radius 3 is 2.28 bits per heavy atom. The van der Waals surface area contributed by atoms with Crippen LogP contribution in [0.2, 0.25) is 0 Å². The summed E-state index contributed by atoms with van der Waals surface area (Å²) in [4.78, 5) is 5.35. The Hall–Kier alpha value is -0.120. The van der Waals surface area contributed by atoms with Gasteiger partial charge in [0, 0.05) is 44.8 Å². The van der Waals surface area contributed by atoms with Crippen LogP contribution in [0.15, 0.2) is 0 Å². The quantitative estimate of drug-likeness (QED) is 0.746. The second-order valence-electron chi connectivity index (χ2n) is 6.53. The number of rotatable bonds is 7. The van der Waals surface area contributed by atoms with Gasteiger partial charge in [0.15, 0.2) is 0 Å². The van der Waals surface area contributed by atoms with E-state index >= 15 is 0 Å². The summed E-state index contributed by atoms with van der Waals surface area (Å²) in [6.45, 7) is 14.5. The monoisotopic (exact) mass is 253 g/mol. The van der Waals surface area contributed by atoms with Crippen molar-refractivity contribution in [3.05, 3.63) is 0 Å². The first-order valence-corrected chi connectivity index (χ1v) is 7.85. The highest BCUT2D eigenvalue weighted by atomic mass is 15.3. The number of hydrogen-bond donors (Lipinski definition) is 1. The van der Waals surface area contributed by atoms with E-state index in [4.69, 9.17) is 0 Å². The fraction of sp³-hybridized carbons (Fsp3) is 1.00. The van der Waals surface area contributed by atoms with Crippen LogP contribution >= 0.6 is 0 Å². The lowest BCUT2D eigenvalue weighted by atomic mass is 10.1. The van der Waals surface area contributed by atoms with E-state index in [1.54, 1.807) is 0 Å². The Kier molecular flexibility index (Phi) is 5.46. The van der Waals surface area contributed by atoms with Gasteiger partial charge in [-0.3, -0.25) is 4.90 Å². The normalized spacial score (nSPS) is 24.7. The van der Waals surface area contributed by atoms with Gasteiger partial charge in [0.1, 0.15) is 0 Å². The second-order valence-corrected chi connectivity index (χ2v) is 6.53. The minimum Gasteiger partial charge on any atom is -0.314 e. The van der Waals surface area contributed by atoms with Crippen LogP contribution in [0.5, 0.6) is 0 Å². The maximum atomic E-state index is 3.52. The van der Waals surface area contributed by atoms with Crippen molar-refractivity contribution in [1.82, 2.24) is 15.1 Å². The Balaban J connectivity index is 1.58. The van der Waals surface area contributed by atoms with E-state index in [0.717, 1.165) is 18.5 Å². The van der Waals surface area contributed by atoms with Gasteiger partial charge < -0.3 is 10.2 Å². The molecule has 2 rings (SSSR count). The van der Waals surface area contributed by atoms with Crippen LogP contribution in [0.4, 0.5) is 0 Å². The van der Waals surface area contributed by atoms with Crippen molar-refractivity contribution in [2.75, 3.05) is 39.3 Å². The predicted octanol–water partition coefficient (Wildman–Crippen LogP) is 1.79. The number of hydrogen-bond acceptors (Lipinski definition) is 3. The van der Waals surface area contributed by atoms with Crippen molar-refractivity contribution in [3.8, 4) is 0 Å². The van der Waals surface area contributed by atoms with Gasteiger partial charge in [0.25, 0.3) is 0 Å². The third-order valence-corrected chi connectivity index (χ3v) is 4.36. The van der Waals surface area contributed by atoms with E-state index in [1.807, 2.05) is 0 Å². The van der Waals surface area contributed by atoms with Gasteiger partial charge in [-0.25, -0.2) is 0 Å². The first-order valence-electron chi connectivity index (χ1n) is 7.85. The van der Waals surface area contributed by atoms with Crippen LogP contribution in [-0.2, 0) is 0 Å². The van der Waals surface area contributed by atoms with E-state index in [2.05, 4.69) is 35.9 Å². The molecule has 1 atom stereocenters. The zero-order chi connectivity index (χ0) is 13.0. The number of piperazine rings is 1. The fourth-order valence-corrected chi connectivity index (χ4v) is 2.82. The lowest BCUT2D eigenvalue weighted by Crippen LogP contribution is -2.50. The lowest BCUT2D eigenvalue weighted by Gasteiger charge is -2.38. The Labute approximate surface area is 113 Å². The summed E-state index contributed by atoms with van der Waals surface area (Å²) in [5.74, 6) is 1.05. The average molecular weight is 253 g/mol. The minimum absolute atomic E-state index is 0.618. The molecule has 0 aromatic carbocycles. The molecule has 0 amide bonds. The zero-order valence-corrected chi connectivity index (χ0v) is 12.5. The van der Waals surface area contributed by atoms with Gasteiger partial charge in [0.05, 0.1) is 0 Å². The topological polar surface area (TPSA) is 18.5 Å². The Morgan fingerprint density at radius 1 is 1.06 bits per heavy atom. The zero-order valence-electron chi connectivity index (χ0n) is 12.5. The SMILES string of the molecule is CC(C)NCCC(C)N1CCN(CC2CC2)CC1. The van der Waals surface area contributed by atoms with E-state index < -0.39 is 0 Å². The molecule has 0 bridgehead atoms. The summed E-state index contributed by atoms with van der Waals surface area (Å²) >= 11 is 0. The third-order valence-electron chi connectivity index (χ3n) is 4.36. The van der Waals surface area contributed by atoms with Gasteiger partial charge in [-0.05, 0) is 38.6 Å². The first kappa shape index (κ1) is 14.3. The van der Waals surface area contributed by atoms with Gasteiger partial charge in [-0.15, -0.1) is 0 Å². The van der Waals surface area contributed by atoms with Crippen LogP contribution in [0.3, 0.4) is 0 Å². The van der Waals surface area contributed by atoms with Crippen molar-refractivity contribution in [3.63, 3.8) is 0 Å². The van der Waals surface area contributed by atoms with Crippen LogP contribution in [-0.4, -0.2) is 61.2 Å². The molecule has 0 aromatic heterocycles. The van der Waals surface area contributed by atoms with Crippen LogP contribution < -0.4 is 5.32 Å². The van der Waals surface area contributed by atoms with Crippen molar-refractivity contribution >= 4 is 0 Å². The smallest absolute Gasteiger partial charge is 0.0113 e. The molecule has 106 valence electrons. The average Bonchev–Trinajstić information content (AvgIpc) is 3.13. The molecule has 1 N–H and O–H groups in total. The maximum Gasteiger partial charge on any atom is 0.0113 e. The first-order chi connectivity index (χ1) is 8.65. The van der Waals surface area contributed by atoms with Gasteiger partial charge >= 0.3 is 0 Å². The van der Waals surface area contributed by atoms with E-state index in [-0.39, 0.29) is 0 Å². The molecule has 3 nitrogen and oxygen atoms in total. The molecule has 3 heteroatoms. The van der Waals surface area contributed by atoms with Gasteiger partial charge in [-0.2, -0.15) is 0 Å². The highest BCUT2D eigenvalue weighted by Crippen LogP contribution is 2.30. The summed E-state index contributed by atoms with van der Waals surface area (Å²) < 4.78 is 0. The fourth-order valence-electron chi connectivity index (χ4n) is 2.82. The molecule has 1 aliphatic carbocycles. The Bertz CT molecular complexity index is 230. The van der Waals surface area contributed by atoms with Crippen LogP contribution in [0.25, 0.3) is 0 Å². The summed E-state index contributed by atoms with van der Waals surface area (Å²) in [5.41, 5.74) is 0. The highest BCUT2D eigenvalue weighted by Gasteiger charge is 2.27. The molecular weight excluding hydrogens is 222 g/mol. The third kappa shape index (κ3) is 4.87. The molecule has 1 aliphatic heterocycles. The summed E-state index contributed by atoms with van der Waals surface area (Å²) in [5, 5.41) is 3.52. The number of nitrogens with zero attached hydrogens (tertiary/aromatic N) is 2. The minimum atomic E-state index is 0.618. The number of nitrogens with one attached hydrogen (secondary N) is 1. The second kappa shape index (κ2) is 6.88. The summed E-state index contributed by atoms with van der Waals surface area (Å²) in [7, 11) is 0. The van der Waals surface area contributed by atoms with E-state index in [1.165, 1.54) is 52.0 Å². The molecule has 0 radical (unpaired) electrons. The molecule has 2 fully saturated rings.